The van der Waals surface area contributed by atoms with Gasteiger partial charge < -0.3 is 4.98 Å². The average Bonchev–Trinajstić information content (AvgIpc) is 2.82. The van der Waals surface area contributed by atoms with Gasteiger partial charge in [-0.25, -0.2) is 4.98 Å². The highest BCUT2D eigenvalue weighted by Gasteiger charge is 2.34. The van der Waals surface area contributed by atoms with Crippen molar-refractivity contribution in [2.45, 2.75) is 6.18 Å². The molecule has 0 aliphatic carbocycles. The lowest BCUT2D eigenvalue weighted by atomic mass is 10.0. The van der Waals surface area contributed by atoms with E-state index in [1.807, 2.05) is 6.07 Å². The number of benzene rings is 1. The van der Waals surface area contributed by atoms with Crippen LogP contribution in [0.2, 0.25) is 0 Å². The maximum Gasteiger partial charge on any atom is 0.417 e. The summed E-state index contributed by atoms with van der Waals surface area (Å²) in [4.78, 5) is 6.73. The number of pyridine rings is 1. The molecule has 0 saturated heterocycles. The number of hydrogen-bond acceptors (Lipinski definition) is 1. The number of hydrogen-bond donors (Lipinski definition) is 1. The van der Waals surface area contributed by atoms with Gasteiger partial charge in [0.05, 0.1) is 5.56 Å². The largest absolute Gasteiger partial charge is 0.417 e. The van der Waals surface area contributed by atoms with E-state index in [1.54, 1.807) is 30.5 Å². The molecular formula is C14H9F3N2. The molecule has 5 heteroatoms. The van der Waals surface area contributed by atoms with Crippen molar-refractivity contribution in [2.75, 3.05) is 0 Å². The maximum atomic E-state index is 13.0. The summed E-state index contributed by atoms with van der Waals surface area (Å²) in [5.74, 6) is 0. The van der Waals surface area contributed by atoms with Gasteiger partial charge in [-0.15, -0.1) is 0 Å². The van der Waals surface area contributed by atoms with Gasteiger partial charge in [-0.2, -0.15) is 13.2 Å². The van der Waals surface area contributed by atoms with Crippen LogP contribution >= 0.6 is 0 Å². The van der Waals surface area contributed by atoms with Crippen LogP contribution in [-0.4, -0.2) is 9.97 Å². The summed E-state index contributed by atoms with van der Waals surface area (Å²) in [5.41, 5.74) is 0.814. The number of aromatic nitrogens is 2. The minimum Gasteiger partial charge on any atom is -0.346 e. The third kappa shape index (κ3) is 1.97. The first kappa shape index (κ1) is 11.8. The fourth-order valence-electron chi connectivity index (χ4n) is 2.14. The molecule has 96 valence electrons. The molecule has 2 heterocycles. The monoisotopic (exact) mass is 262 g/mol. The molecule has 0 aliphatic rings. The summed E-state index contributed by atoms with van der Waals surface area (Å²) in [6.07, 6.45) is -1.68. The molecule has 2 aromatic heterocycles. The van der Waals surface area contributed by atoms with Crippen LogP contribution in [0.5, 0.6) is 0 Å². The highest BCUT2D eigenvalue weighted by Crippen LogP contribution is 2.38. The first-order chi connectivity index (χ1) is 9.07. The van der Waals surface area contributed by atoms with E-state index in [4.69, 9.17) is 0 Å². The highest BCUT2D eigenvalue weighted by molar-refractivity contribution is 5.96. The number of halogens is 3. The van der Waals surface area contributed by atoms with Crippen LogP contribution in [0.1, 0.15) is 5.56 Å². The SMILES string of the molecule is FC(F)(F)c1ccnc2[nH]cc(-c3ccccc3)c12. The van der Waals surface area contributed by atoms with Crippen LogP contribution < -0.4 is 0 Å². The van der Waals surface area contributed by atoms with Crippen molar-refractivity contribution >= 4 is 11.0 Å². The number of rotatable bonds is 1. The van der Waals surface area contributed by atoms with Crippen molar-refractivity contribution in [2.24, 2.45) is 0 Å². The Morgan fingerprint density at radius 3 is 2.42 bits per heavy atom. The lowest BCUT2D eigenvalue weighted by molar-refractivity contribution is -0.136. The van der Waals surface area contributed by atoms with E-state index in [1.165, 1.54) is 0 Å². The molecule has 0 unspecified atom stereocenters. The third-order valence-corrected chi connectivity index (χ3v) is 2.96. The van der Waals surface area contributed by atoms with Crippen molar-refractivity contribution in [3.8, 4) is 11.1 Å². The lowest BCUT2D eigenvalue weighted by Crippen LogP contribution is -2.06. The van der Waals surface area contributed by atoms with Gasteiger partial charge in [-0.1, -0.05) is 30.3 Å². The van der Waals surface area contributed by atoms with Crippen molar-refractivity contribution in [3.05, 3.63) is 54.4 Å². The summed E-state index contributed by atoms with van der Waals surface area (Å²) in [7, 11) is 0. The number of H-pyrrole nitrogens is 1. The van der Waals surface area contributed by atoms with Crippen LogP contribution in [0, 0.1) is 0 Å². The molecule has 0 aliphatic heterocycles. The summed E-state index contributed by atoms with van der Waals surface area (Å²) in [6.45, 7) is 0. The van der Waals surface area contributed by atoms with Gasteiger partial charge in [-0.05, 0) is 11.6 Å². The van der Waals surface area contributed by atoms with Gasteiger partial charge in [-0.3, -0.25) is 0 Å². The van der Waals surface area contributed by atoms with Gasteiger partial charge in [0.2, 0.25) is 0 Å². The van der Waals surface area contributed by atoms with Crippen LogP contribution in [0.4, 0.5) is 13.2 Å². The number of alkyl halides is 3. The average molecular weight is 262 g/mol. The zero-order valence-electron chi connectivity index (χ0n) is 9.70. The van der Waals surface area contributed by atoms with Crippen LogP contribution in [0.25, 0.3) is 22.2 Å². The Bertz CT molecular complexity index is 714. The Hall–Kier alpha value is -2.30. The second-order valence-electron chi connectivity index (χ2n) is 4.15. The molecule has 0 atom stereocenters. The molecule has 19 heavy (non-hydrogen) atoms. The first-order valence-corrected chi connectivity index (χ1v) is 5.66. The van der Waals surface area contributed by atoms with Gasteiger partial charge in [0.25, 0.3) is 0 Å². The molecule has 0 saturated carbocycles. The normalized spacial score (nSPS) is 11.9. The summed E-state index contributed by atoms with van der Waals surface area (Å²) >= 11 is 0. The fraction of sp³-hybridized carbons (Fsp3) is 0.0714. The molecule has 2 nitrogen and oxygen atoms in total. The number of aromatic amines is 1. The predicted molar refractivity (Wildman–Crippen MR) is 66.5 cm³/mol. The Balaban J connectivity index is 2.33. The number of fused-ring (bicyclic) bond motifs is 1. The van der Waals surface area contributed by atoms with Crippen molar-refractivity contribution in [1.82, 2.24) is 9.97 Å². The van der Waals surface area contributed by atoms with E-state index in [0.717, 1.165) is 17.8 Å². The molecule has 0 spiro atoms. The van der Waals surface area contributed by atoms with Crippen LogP contribution in [0.3, 0.4) is 0 Å². The van der Waals surface area contributed by atoms with Crippen molar-refractivity contribution < 1.29 is 13.2 Å². The van der Waals surface area contributed by atoms with Gasteiger partial charge >= 0.3 is 6.18 Å². The van der Waals surface area contributed by atoms with Crippen molar-refractivity contribution in [1.29, 1.82) is 0 Å². The molecule has 3 rings (SSSR count). The van der Waals surface area contributed by atoms with E-state index in [0.29, 0.717) is 5.56 Å². The smallest absolute Gasteiger partial charge is 0.346 e. The Morgan fingerprint density at radius 1 is 1.00 bits per heavy atom. The second-order valence-corrected chi connectivity index (χ2v) is 4.15. The van der Waals surface area contributed by atoms with Gasteiger partial charge in [0, 0.05) is 23.3 Å². The Kier molecular flexibility index (Phi) is 2.55. The number of nitrogens with zero attached hydrogens (tertiary/aromatic N) is 1. The van der Waals surface area contributed by atoms with E-state index in [2.05, 4.69) is 9.97 Å². The molecule has 3 aromatic rings. The molecule has 0 radical (unpaired) electrons. The second kappa shape index (κ2) is 4.12. The zero-order valence-corrected chi connectivity index (χ0v) is 9.70. The fourth-order valence-corrected chi connectivity index (χ4v) is 2.14. The van der Waals surface area contributed by atoms with E-state index in [9.17, 15) is 13.2 Å². The lowest BCUT2D eigenvalue weighted by Gasteiger charge is -2.09. The van der Waals surface area contributed by atoms with Crippen LogP contribution in [0.15, 0.2) is 48.8 Å². The molecular weight excluding hydrogens is 253 g/mol. The quantitative estimate of drug-likeness (QED) is 0.697. The van der Waals surface area contributed by atoms with Crippen LogP contribution in [-0.2, 0) is 6.18 Å². The third-order valence-electron chi connectivity index (χ3n) is 2.96. The Morgan fingerprint density at radius 2 is 1.74 bits per heavy atom. The molecule has 0 fully saturated rings. The highest BCUT2D eigenvalue weighted by atomic mass is 19.4. The summed E-state index contributed by atoms with van der Waals surface area (Å²) in [6, 6.07) is 9.95. The zero-order chi connectivity index (χ0) is 13.5. The van der Waals surface area contributed by atoms with E-state index >= 15 is 0 Å². The molecule has 1 N–H and O–H groups in total. The maximum absolute atomic E-state index is 13.0. The van der Waals surface area contributed by atoms with E-state index in [-0.39, 0.29) is 11.0 Å². The molecule has 0 amide bonds. The molecule has 0 bridgehead atoms. The van der Waals surface area contributed by atoms with Gasteiger partial charge in [0.1, 0.15) is 5.65 Å². The number of nitrogens with one attached hydrogen (secondary N) is 1. The standard InChI is InChI=1S/C14H9F3N2/c15-14(16,17)11-6-7-18-13-12(11)10(8-19-13)9-4-2-1-3-5-9/h1-8H,(H,18,19). The summed E-state index contributed by atoms with van der Waals surface area (Å²) < 4.78 is 39.1. The van der Waals surface area contributed by atoms with Crippen molar-refractivity contribution in [3.63, 3.8) is 0 Å². The first-order valence-electron chi connectivity index (χ1n) is 5.66. The minimum absolute atomic E-state index is 0.112. The summed E-state index contributed by atoms with van der Waals surface area (Å²) in [5, 5.41) is 0.112. The van der Waals surface area contributed by atoms with Gasteiger partial charge in [0.15, 0.2) is 0 Å². The minimum atomic E-state index is -4.40. The Labute approximate surface area is 106 Å². The molecule has 1 aromatic carbocycles. The van der Waals surface area contributed by atoms with E-state index < -0.39 is 11.7 Å². The predicted octanol–water partition coefficient (Wildman–Crippen LogP) is 4.25. The topological polar surface area (TPSA) is 28.7 Å².